The summed E-state index contributed by atoms with van der Waals surface area (Å²) < 4.78 is 42.9. The van der Waals surface area contributed by atoms with Crippen LogP contribution in [0.2, 0.25) is 0 Å². The van der Waals surface area contributed by atoms with Gasteiger partial charge in [0.05, 0.1) is 23.6 Å². The molecule has 2 bridgehead atoms. The number of carbonyl (C=O) groups excluding carboxylic acids is 1. The van der Waals surface area contributed by atoms with E-state index in [0.29, 0.717) is 12.4 Å². The number of anilines is 2. The van der Waals surface area contributed by atoms with Gasteiger partial charge in [0.1, 0.15) is 13.2 Å². The van der Waals surface area contributed by atoms with E-state index >= 15 is 0 Å². The van der Waals surface area contributed by atoms with Gasteiger partial charge in [-0.05, 0) is 30.9 Å². The average Bonchev–Trinajstić information content (AvgIpc) is 3.20. The first kappa shape index (κ1) is 20.3. The summed E-state index contributed by atoms with van der Waals surface area (Å²) in [4.78, 5) is 22.8. The number of alkyl halides is 3. The molecule has 4 heterocycles. The van der Waals surface area contributed by atoms with Gasteiger partial charge in [-0.3, -0.25) is 9.48 Å². The Labute approximate surface area is 170 Å². The summed E-state index contributed by atoms with van der Waals surface area (Å²) in [5.74, 6) is 0.0245. The molecule has 2 atom stereocenters. The first-order valence-electron chi connectivity index (χ1n) is 9.54. The van der Waals surface area contributed by atoms with Crippen molar-refractivity contribution in [2.24, 2.45) is 7.05 Å². The molecule has 0 radical (unpaired) electrons. The topological polar surface area (TPSA) is 85.2 Å². The SMILES string of the molecule is Cn1cc(Nc2nccc(C3=CC4CCC(C3)N4C(=O)COCC(F)(F)F)n2)cn1. The minimum absolute atomic E-state index is 0.0679. The highest BCUT2D eigenvalue weighted by Crippen LogP contribution is 2.38. The molecule has 1 saturated heterocycles. The number of halogens is 3. The maximum atomic E-state index is 12.4. The molecule has 2 unspecified atom stereocenters. The largest absolute Gasteiger partial charge is 0.411 e. The highest BCUT2D eigenvalue weighted by Gasteiger charge is 2.40. The predicted octanol–water partition coefficient (Wildman–Crippen LogP) is 2.68. The van der Waals surface area contributed by atoms with Crippen LogP contribution in [0.15, 0.2) is 30.7 Å². The van der Waals surface area contributed by atoms with Gasteiger partial charge in [0.15, 0.2) is 0 Å². The highest BCUT2D eigenvalue weighted by molar-refractivity contribution is 5.81. The van der Waals surface area contributed by atoms with Crippen molar-refractivity contribution in [3.63, 3.8) is 0 Å². The molecule has 0 aromatic carbocycles. The van der Waals surface area contributed by atoms with Crippen molar-refractivity contribution < 1.29 is 22.7 Å². The number of hydrogen-bond acceptors (Lipinski definition) is 6. The molecule has 1 amide bonds. The van der Waals surface area contributed by atoms with Crippen LogP contribution in [0.1, 0.15) is 25.0 Å². The van der Waals surface area contributed by atoms with Gasteiger partial charge in [0.25, 0.3) is 0 Å². The van der Waals surface area contributed by atoms with E-state index in [9.17, 15) is 18.0 Å². The van der Waals surface area contributed by atoms with Gasteiger partial charge in [-0.15, -0.1) is 0 Å². The number of carbonyl (C=O) groups is 1. The van der Waals surface area contributed by atoms with E-state index in [1.165, 1.54) is 0 Å². The third-order valence-electron chi connectivity index (χ3n) is 5.12. The van der Waals surface area contributed by atoms with Crippen molar-refractivity contribution in [2.45, 2.75) is 37.5 Å². The maximum Gasteiger partial charge on any atom is 0.411 e. The van der Waals surface area contributed by atoms with E-state index in [-0.39, 0.29) is 12.1 Å². The fourth-order valence-electron chi connectivity index (χ4n) is 3.95. The predicted molar refractivity (Wildman–Crippen MR) is 102 cm³/mol. The second kappa shape index (κ2) is 8.05. The summed E-state index contributed by atoms with van der Waals surface area (Å²) in [6, 6.07) is 1.58. The van der Waals surface area contributed by atoms with Crippen LogP contribution in [-0.4, -0.2) is 62.0 Å². The van der Waals surface area contributed by atoms with E-state index in [0.717, 1.165) is 29.8 Å². The minimum Gasteiger partial charge on any atom is -0.362 e. The normalized spacial score (nSPS) is 20.9. The molecule has 4 rings (SSSR count). The van der Waals surface area contributed by atoms with Crippen molar-refractivity contribution in [1.29, 1.82) is 0 Å². The van der Waals surface area contributed by atoms with Gasteiger partial charge in [-0.1, -0.05) is 6.08 Å². The molecule has 30 heavy (non-hydrogen) atoms. The van der Waals surface area contributed by atoms with E-state index in [1.54, 1.807) is 28.2 Å². The number of nitrogens with zero attached hydrogens (tertiary/aromatic N) is 5. The number of rotatable bonds is 6. The second-order valence-corrected chi connectivity index (χ2v) is 7.40. The number of amides is 1. The van der Waals surface area contributed by atoms with Crippen LogP contribution < -0.4 is 5.32 Å². The molecule has 1 fully saturated rings. The molecule has 8 nitrogen and oxygen atoms in total. The van der Waals surface area contributed by atoms with Crippen molar-refractivity contribution in [2.75, 3.05) is 18.5 Å². The summed E-state index contributed by atoms with van der Waals surface area (Å²) in [7, 11) is 1.81. The standard InChI is InChI=1S/C19H21F3N6O2/c1-27-9-13(8-24-27)25-18-23-5-4-16(26-18)12-6-14-2-3-15(7-12)28(14)17(29)10-30-11-19(20,21)22/h4-6,8-9,14-15H,2-3,7,10-11H2,1H3,(H,23,25,26). The van der Waals surface area contributed by atoms with E-state index < -0.39 is 25.3 Å². The quantitative estimate of drug-likeness (QED) is 0.771. The van der Waals surface area contributed by atoms with Crippen molar-refractivity contribution in [3.8, 4) is 0 Å². The lowest BCUT2D eigenvalue weighted by molar-refractivity contribution is -0.178. The minimum atomic E-state index is -4.44. The van der Waals surface area contributed by atoms with E-state index in [1.807, 2.05) is 19.2 Å². The van der Waals surface area contributed by atoms with Crippen LogP contribution >= 0.6 is 0 Å². The summed E-state index contributed by atoms with van der Waals surface area (Å²) >= 11 is 0. The second-order valence-electron chi connectivity index (χ2n) is 7.40. The number of fused-ring (bicyclic) bond motifs is 2. The molecule has 2 aliphatic rings. The summed E-state index contributed by atoms with van der Waals surface area (Å²) in [5.41, 5.74) is 2.52. The average molecular weight is 422 g/mol. The molecule has 2 aliphatic heterocycles. The van der Waals surface area contributed by atoms with Gasteiger partial charge in [-0.25, -0.2) is 9.97 Å². The van der Waals surface area contributed by atoms with E-state index in [2.05, 4.69) is 25.1 Å². The number of aromatic nitrogens is 4. The maximum absolute atomic E-state index is 12.4. The van der Waals surface area contributed by atoms with Crippen LogP contribution in [0.25, 0.3) is 5.57 Å². The lowest BCUT2D eigenvalue weighted by Gasteiger charge is -2.34. The molecule has 160 valence electrons. The lowest BCUT2D eigenvalue weighted by Crippen LogP contribution is -2.45. The molecule has 2 aromatic rings. The van der Waals surface area contributed by atoms with Crippen molar-refractivity contribution in [3.05, 3.63) is 36.4 Å². The molecule has 0 aliphatic carbocycles. The van der Waals surface area contributed by atoms with Gasteiger partial charge in [-0.2, -0.15) is 18.3 Å². The Morgan fingerprint density at radius 3 is 2.90 bits per heavy atom. The summed E-state index contributed by atoms with van der Waals surface area (Å²) in [6.07, 6.45) is 4.81. The third kappa shape index (κ3) is 4.61. The van der Waals surface area contributed by atoms with Crippen molar-refractivity contribution in [1.82, 2.24) is 24.6 Å². The van der Waals surface area contributed by atoms with Crippen LogP contribution in [0, 0.1) is 0 Å². The lowest BCUT2D eigenvalue weighted by atomic mass is 9.98. The van der Waals surface area contributed by atoms with E-state index in [4.69, 9.17) is 0 Å². The number of hydrogen-bond donors (Lipinski definition) is 1. The fraction of sp³-hybridized carbons (Fsp3) is 0.474. The van der Waals surface area contributed by atoms with Gasteiger partial charge < -0.3 is 15.0 Å². The molecular weight excluding hydrogens is 401 g/mol. The van der Waals surface area contributed by atoms with Crippen LogP contribution in [-0.2, 0) is 16.6 Å². The molecule has 1 N–H and O–H groups in total. The Hall–Kier alpha value is -2.95. The van der Waals surface area contributed by atoms with Crippen molar-refractivity contribution >= 4 is 23.1 Å². The molecule has 0 saturated carbocycles. The number of nitrogens with one attached hydrogen (secondary N) is 1. The first-order valence-corrected chi connectivity index (χ1v) is 9.54. The van der Waals surface area contributed by atoms with Crippen LogP contribution in [0.3, 0.4) is 0 Å². The Morgan fingerprint density at radius 1 is 1.37 bits per heavy atom. The number of aryl methyl sites for hydroxylation is 1. The summed E-state index contributed by atoms with van der Waals surface area (Å²) in [6.45, 7) is -1.99. The zero-order chi connectivity index (χ0) is 21.3. The zero-order valence-electron chi connectivity index (χ0n) is 16.3. The van der Waals surface area contributed by atoms with Gasteiger partial charge >= 0.3 is 6.18 Å². The molecular formula is C19H21F3N6O2. The first-order chi connectivity index (χ1) is 14.3. The van der Waals surface area contributed by atoms with Crippen LogP contribution in [0.4, 0.5) is 24.8 Å². The van der Waals surface area contributed by atoms with Gasteiger partial charge in [0, 0.05) is 25.5 Å². The smallest absolute Gasteiger partial charge is 0.362 e. The molecule has 11 heteroatoms. The van der Waals surface area contributed by atoms with Gasteiger partial charge in [0.2, 0.25) is 11.9 Å². The Morgan fingerprint density at radius 2 is 2.20 bits per heavy atom. The molecule has 2 aromatic heterocycles. The monoisotopic (exact) mass is 422 g/mol. The highest BCUT2D eigenvalue weighted by atomic mass is 19.4. The van der Waals surface area contributed by atoms with Crippen LogP contribution in [0.5, 0.6) is 0 Å². The third-order valence-corrected chi connectivity index (χ3v) is 5.12. The molecule has 0 spiro atoms. The zero-order valence-corrected chi connectivity index (χ0v) is 16.3. The Balaban J connectivity index is 1.44. The Kier molecular flexibility index (Phi) is 5.46. The number of ether oxygens (including phenoxy) is 1. The Bertz CT molecular complexity index is 958. The fourth-order valence-corrected chi connectivity index (χ4v) is 3.95. The summed E-state index contributed by atoms with van der Waals surface area (Å²) in [5, 5.41) is 7.19.